The largest absolute Gasteiger partial charge is 0.490 e. The van der Waals surface area contributed by atoms with E-state index in [2.05, 4.69) is 42.3 Å². The number of carboxylic acids is 1. The zero-order chi connectivity index (χ0) is 27.4. The molecule has 2 N–H and O–H groups in total. The summed E-state index contributed by atoms with van der Waals surface area (Å²) in [7, 11) is 1.88. The summed E-state index contributed by atoms with van der Waals surface area (Å²) >= 11 is 0. The summed E-state index contributed by atoms with van der Waals surface area (Å²) in [5, 5.41) is 13.0. The number of nitrogens with one attached hydrogen (secondary N) is 1. The standard InChI is InChI=1S/C31H43N3O4/c1-21-17-26(12-9-24(21)20-34-16-15-32-22(2)19-34)33(5)29(35)23-10-13-27(14-11-23)38-28-8-6-7-25(18-28)31(3,4)30(36)37/h6-9,12,17-18,22-23,27,32H,10-11,13-16,19-20H2,1-5H3,(H,36,37)/t22-,23-,27-/m0/s1. The van der Waals surface area contributed by atoms with E-state index in [1.807, 2.05) is 36.2 Å². The van der Waals surface area contributed by atoms with Crippen LogP contribution in [0.25, 0.3) is 0 Å². The van der Waals surface area contributed by atoms with E-state index in [1.54, 1.807) is 13.8 Å². The van der Waals surface area contributed by atoms with Crippen molar-refractivity contribution in [2.75, 3.05) is 31.6 Å². The number of rotatable bonds is 8. The lowest BCUT2D eigenvalue weighted by molar-refractivity contribution is -0.142. The van der Waals surface area contributed by atoms with Gasteiger partial charge in [-0.1, -0.05) is 18.2 Å². The van der Waals surface area contributed by atoms with E-state index in [4.69, 9.17) is 4.74 Å². The molecule has 1 amide bonds. The molecule has 1 saturated carbocycles. The van der Waals surface area contributed by atoms with E-state index in [1.165, 1.54) is 11.1 Å². The van der Waals surface area contributed by atoms with Gasteiger partial charge in [0, 0.05) is 50.9 Å². The Morgan fingerprint density at radius 3 is 2.53 bits per heavy atom. The maximum Gasteiger partial charge on any atom is 0.313 e. The maximum atomic E-state index is 13.3. The van der Waals surface area contributed by atoms with Gasteiger partial charge in [-0.3, -0.25) is 14.5 Å². The Kier molecular flexibility index (Phi) is 8.78. The van der Waals surface area contributed by atoms with Crippen LogP contribution in [0.1, 0.15) is 63.1 Å². The number of carbonyl (C=O) groups is 2. The zero-order valence-corrected chi connectivity index (χ0v) is 23.5. The zero-order valence-electron chi connectivity index (χ0n) is 23.5. The first-order valence-corrected chi connectivity index (χ1v) is 13.9. The number of benzene rings is 2. The van der Waals surface area contributed by atoms with Gasteiger partial charge in [0.15, 0.2) is 0 Å². The first-order valence-electron chi connectivity index (χ1n) is 13.9. The van der Waals surface area contributed by atoms with Crippen molar-refractivity contribution in [2.24, 2.45) is 5.92 Å². The first-order chi connectivity index (χ1) is 18.0. The quantitative estimate of drug-likeness (QED) is 0.522. The molecule has 0 unspecified atom stereocenters. The lowest BCUT2D eigenvalue weighted by Gasteiger charge is -2.32. The fourth-order valence-electron chi connectivity index (χ4n) is 5.57. The second-order valence-corrected chi connectivity index (χ2v) is 11.6. The van der Waals surface area contributed by atoms with Crippen LogP contribution < -0.4 is 15.0 Å². The van der Waals surface area contributed by atoms with Crippen LogP contribution in [-0.2, 0) is 21.5 Å². The van der Waals surface area contributed by atoms with Gasteiger partial charge in [0.05, 0.1) is 11.5 Å². The summed E-state index contributed by atoms with van der Waals surface area (Å²) in [5.41, 5.74) is 3.22. The highest BCUT2D eigenvalue weighted by atomic mass is 16.5. The third kappa shape index (κ3) is 6.56. The molecule has 2 aromatic rings. The molecule has 2 aromatic carbocycles. The topological polar surface area (TPSA) is 82.1 Å². The summed E-state index contributed by atoms with van der Waals surface area (Å²) in [6.07, 6.45) is 3.20. The highest BCUT2D eigenvalue weighted by Gasteiger charge is 2.32. The molecule has 1 saturated heterocycles. The van der Waals surface area contributed by atoms with Gasteiger partial charge in [0.1, 0.15) is 5.75 Å². The van der Waals surface area contributed by atoms with Crippen molar-refractivity contribution in [1.29, 1.82) is 0 Å². The summed E-state index contributed by atoms with van der Waals surface area (Å²) in [6, 6.07) is 14.3. The minimum atomic E-state index is -0.978. The number of hydrogen-bond acceptors (Lipinski definition) is 5. The number of hydrogen-bond donors (Lipinski definition) is 2. The fourth-order valence-corrected chi connectivity index (χ4v) is 5.57. The van der Waals surface area contributed by atoms with E-state index in [0.717, 1.165) is 63.1 Å². The number of piperazine rings is 1. The second kappa shape index (κ2) is 11.9. The molecule has 38 heavy (non-hydrogen) atoms. The molecule has 2 aliphatic rings. The molecule has 0 spiro atoms. The number of carbonyl (C=O) groups excluding carboxylic acids is 1. The van der Waals surface area contributed by atoms with Gasteiger partial charge in [0.2, 0.25) is 5.91 Å². The molecule has 7 nitrogen and oxygen atoms in total. The van der Waals surface area contributed by atoms with Gasteiger partial charge >= 0.3 is 5.97 Å². The Hall–Kier alpha value is -2.90. The van der Waals surface area contributed by atoms with Gasteiger partial charge < -0.3 is 20.1 Å². The number of ether oxygens (including phenoxy) is 1. The van der Waals surface area contributed by atoms with E-state index in [0.29, 0.717) is 11.8 Å². The van der Waals surface area contributed by atoms with Crippen molar-refractivity contribution >= 4 is 17.6 Å². The smallest absolute Gasteiger partial charge is 0.313 e. The highest BCUT2D eigenvalue weighted by Crippen LogP contribution is 2.32. The molecule has 7 heteroatoms. The Morgan fingerprint density at radius 1 is 1.13 bits per heavy atom. The van der Waals surface area contributed by atoms with Crippen LogP contribution in [0.5, 0.6) is 5.75 Å². The van der Waals surface area contributed by atoms with Crippen LogP contribution >= 0.6 is 0 Å². The Balaban J connectivity index is 1.31. The minimum Gasteiger partial charge on any atom is -0.490 e. The average molecular weight is 522 g/mol. The summed E-state index contributed by atoms with van der Waals surface area (Å²) in [4.78, 5) is 29.3. The van der Waals surface area contributed by atoms with Gasteiger partial charge in [-0.25, -0.2) is 0 Å². The molecule has 2 fully saturated rings. The van der Waals surface area contributed by atoms with Crippen LogP contribution in [-0.4, -0.2) is 60.7 Å². The van der Waals surface area contributed by atoms with E-state index < -0.39 is 11.4 Å². The number of carboxylic acid groups (broad SMARTS) is 1. The lowest BCUT2D eigenvalue weighted by Crippen LogP contribution is -2.48. The first kappa shape index (κ1) is 28.1. The molecule has 1 aliphatic heterocycles. The van der Waals surface area contributed by atoms with E-state index in [-0.39, 0.29) is 17.9 Å². The maximum absolute atomic E-state index is 13.3. The normalized spacial score (nSPS) is 22.6. The summed E-state index contributed by atoms with van der Waals surface area (Å²) in [5.74, 6) is -0.0254. The summed E-state index contributed by atoms with van der Waals surface area (Å²) < 4.78 is 6.22. The molecule has 0 bridgehead atoms. The number of aryl methyl sites for hydroxylation is 1. The van der Waals surface area contributed by atoms with Crippen molar-refractivity contribution in [3.05, 3.63) is 59.2 Å². The predicted molar refractivity (Wildman–Crippen MR) is 151 cm³/mol. The Bertz CT molecular complexity index is 1140. The van der Waals surface area contributed by atoms with Crippen LogP contribution in [0.3, 0.4) is 0 Å². The molecular formula is C31H43N3O4. The van der Waals surface area contributed by atoms with Gasteiger partial charge in [0.25, 0.3) is 0 Å². The predicted octanol–water partition coefficient (Wildman–Crippen LogP) is 4.75. The van der Waals surface area contributed by atoms with Gasteiger partial charge in [-0.05, 0) is 94.3 Å². The van der Waals surface area contributed by atoms with E-state index >= 15 is 0 Å². The molecule has 1 atom stereocenters. The molecule has 206 valence electrons. The van der Waals surface area contributed by atoms with Crippen molar-refractivity contribution in [3.8, 4) is 5.75 Å². The van der Waals surface area contributed by atoms with Gasteiger partial charge in [-0.15, -0.1) is 0 Å². The average Bonchev–Trinajstić information content (AvgIpc) is 2.89. The fraction of sp³-hybridized carbons (Fsp3) is 0.548. The van der Waals surface area contributed by atoms with Crippen LogP contribution in [0.4, 0.5) is 5.69 Å². The highest BCUT2D eigenvalue weighted by molar-refractivity contribution is 5.94. The third-order valence-corrected chi connectivity index (χ3v) is 8.31. The van der Waals surface area contributed by atoms with Crippen molar-refractivity contribution in [3.63, 3.8) is 0 Å². The molecule has 0 radical (unpaired) electrons. The monoisotopic (exact) mass is 521 g/mol. The molecular weight excluding hydrogens is 478 g/mol. The Morgan fingerprint density at radius 2 is 1.87 bits per heavy atom. The number of amides is 1. The van der Waals surface area contributed by atoms with Crippen LogP contribution in [0.15, 0.2) is 42.5 Å². The molecule has 4 rings (SSSR count). The molecule has 1 heterocycles. The van der Waals surface area contributed by atoms with Crippen molar-refractivity contribution in [2.45, 2.75) is 77.5 Å². The molecule has 1 aliphatic carbocycles. The van der Waals surface area contributed by atoms with Crippen molar-refractivity contribution < 1.29 is 19.4 Å². The summed E-state index contributed by atoms with van der Waals surface area (Å²) in [6.45, 7) is 11.8. The van der Waals surface area contributed by atoms with Gasteiger partial charge in [-0.2, -0.15) is 0 Å². The lowest BCUT2D eigenvalue weighted by atomic mass is 9.84. The third-order valence-electron chi connectivity index (χ3n) is 8.31. The SMILES string of the molecule is Cc1cc(N(C)C(=O)[C@H]2CC[C@H](Oc3cccc(C(C)(C)C(=O)O)c3)CC2)ccc1CN1CCN[C@@H](C)C1. The number of nitrogens with zero attached hydrogens (tertiary/aromatic N) is 2. The number of aliphatic carboxylic acids is 1. The van der Waals surface area contributed by atoms with Crippen LogP contribution in [0.2, 0.25) is 0 Å². The van der Waals surface area contributed by atoms with E-state index in [9.17, 15) is 14.7 Å². The van der Waals surface area contributed by atoms with Crippen molar-refractivity contribution in [1.82, 2.24) is 10.2 Å². The second-order valence-electron chi connectivity index (χ2n) is 11.6. The minimum absolute atomic E-state index is 0.0144. The Labute approximate surface area is 227 Å². The van der Waals surface area contributed by atoms with Crippen LogP contribution in [0, 0.1) is 12.8 Å². The molecule has 0 aromatic heterocycles. The number of anilines is 1.